The lowest BCUT2D eigenvalue weighted by Gasteiger charge is -2.18. The van der Waals surface area contributed by atoms with Gasteiger partial charge in [-0.1, -0.05) is 20.8 Å². The molecule has 0 bridgehead atoms. The van der Waals surface area contributed by atoms with Crippen LogP contribution in [-0.2, 0) is 0 Å². The van der Waals surface area contributed by atoms with Crippen LogP contribution in [0.4, 0.5) is 0 Å². The summed E-state index contributed by atoms with van der Waals surface area (Å²) in [6, 6.07) is 2.01. The molecule has 1 aromatic rings. The highest BCUT2D eigenvalue weighted by Gasteiger charge is 2.11. The molecule has 84 valence electrons. The maximum absolute atomic E-state index is 5.61. The summed E-state index contributed by atoms with van der Waals surface area (Å²) in [5.74, 6) is 0.685. The minimum absolute atomic E-state index is 0.303. The predicted octanol–water partition coefficient (Wildman–Crippen LogP) is 3.97. The Labute approximate surface area is 100 Å². The smallest absolute Gasteiger partial charge is 0.227 e. The van der Waals surface area contributed by atoms with Crippen molar-refractivity contribution in [2.45, 2.75) is 34.1 Å². The van der Waals surface area contributed by atoms with Gasteiger partial charge in [-0.15, -0.1) is 0 Å². The second-order valence-corrected chi connectivity index (χ2v) is 5.81. The van der Waals surface area contributed by atoms with Crippen molar-refractivity contribution in [2.24, 2.45) is 5.41 Å². The highest BCUT2D eigenvalue weighted by molar-refractivity contribution is 9.10. The van der Waals surface area contributed by atoms with Gasteiger partial charge in [0.1, 0.15) is 0 Å². The number of rotatable bonds is 3. The summed E-state index contributed by atoms with van der Waals surface area (Å²) in [5.41, 5.74) is 1.43. The molecule has 3 heteroatoms. The standard InChI is InChI=1S/C12H18BrNO/c1-9-7-10(13)11(14-8-9)15-6-5-12(2,3)4/h7-8H,5-6H2,1-4H3. The summed E-state index contributed by atoms with van der Waals surface area (Å²) in [7, 11) is 0. The van der Waals surface area contributed by atoms with Crippen molar-refractivity contribution in [1.29, 1.82) is 0 Å². The van der Waals surface area contributed by atoms with E-state index in [9.17, 15) is 0 Å². The van der Waals surface area contributed by atoms with Crippen molar-refractivity contribution in [3.8, 4) is 5.88 Å². The zero-order valence-corrected chi connectivity index (χ0v) is 11.4. The number of pyridine rings is 1. The van der Waals surface area contributed by atoms with Crippen LogP contribution in [0.2, 0.25) is 0 Å². The molecule has 0 aromatic carbocycles. The molecule has 0 atom stereocenters. The molecular formula is C12H18BrNO. The van der Waals surface area contributed by atoms with Crippen molar-refractivity contribution in [1.82, 2.24) is 4.98 Å². The van der Waals surface area contributed by atoms with Crippen LogP contribution in [0, 0.1) is 12.3 Å². The quantitative estimate of drug-likeness (QED) is 0.830. The zero-order chi connectivity index (χ0) is 11.5. The van der Waals surface area contributed by atoms with Gasteiger partial charge < -0.3 is 4.74 Å². The Morgan fingerprint density at radius 2 is 2.07 bits per heavy atom. The van der Waals surface area contributed by atoms with Crippen LogP contribution < -0.4 is 4.74 Å². The summed E-state index contributed by atoms with van der Waals surface area (Å²) in [4.78, 5) is 4.23. The average Bonchev–Trinajstić information content (AvgIpc) is 2.07. The minimum Gasteiger partial charge on any atom is -0.477 e. The van der Waals surface area contributed by atoms with E-state index in [4.69, 9.17) is 4.74 Å². The van der Waals surface area contributed by atoms with E-state index in [1.165, 1.54) is 0 Å². The first-order valence-electron chi connectivity index (χ1n) is 5.13. The van der Waals surface area contributed by atoms with Crippen molar-refractivity contribution in [3.63, 3.8) is 0 Å². The molecular weight excluding hydrogens is 254 g/mol. The molecule has 0 saturated carbocycles. The first-order valence-corrected chi connectivity index (χ1v) is 5.93. The van der Waals surface area contributed by atoms with Crippen LogP contribution in [0.5, 0.6) is 5.88 Å². The van der Waals surface area contributed by atoms with E-state index in [1.54, 1.807) is 0 Å². The third kappa shape index (κ3) is 4.65. The van der Waals surface area contributed by atoms with Gasteiger partial charge in [-0.25, -0.2) is 4.98 Å². The Kier molecular flexibility index (Phi) is 4.14. The van der Waals surface area contributed by atoms with E-state index >= 15 is 0 Å². The van der Waals surface area contributed by atoms with Gasteiger partial charge in [0.25, 0.3) is 0 Å². The van der Waals surface area contributed by atoms with E-state index in [-0.39, 0.29) is 0 Å². The van der Waals surface area contributed by atoms with Crippen LogP contribution in [0.3, 0.4) is 0 Å². The summed E-state index contributed by atoms with van der Waals surface area (Å²) >= 11 is 3.44. The lowest BCUT2D eigenvalue weighted by molar-refractivity contribution is 0.235. The molecule has 0 unspecified atom stereocenters. The highest BCUT2D eigenvalue weighted by Crippen LogP contribution is 2.24. The maximum atomic E-state index is 5.61. The average molecular weight is 272 g/mol. The molecule has 0 amide bonds. The SMILES string of the molecule is Cc1cnc(OCCC(C)(C)C)c(Br)c1. The molecule has 0 aliphatic carbocycles. The van der Waals surface area contributed by atoms with Crippen LogP contribution >= 0.6 is 15.9 Å². The Morgan fingerprint density at radius 3 is 2.60 bits per heavy atom. The molecule has 0 N–H and O–H groups in total. The van der Waals surface area contributed by atoms with Crippen LogP contribution in [0.15, 0.2) is 16.7 Å². The van der Waals surface area contributed by atoms with Gasteiger partial charge in [0.2, 0.25) is 5.88 Å². The number of hydrogen-bond acceptors (Lipinski definition) is 2. The number of nitrogens with zero attached hydrogens (tertiary/aromatic N) is 1. The Hall–Kier alpha value is -0.570. The summed E-state index contributed by atoms with van der Waals surface area (Å²) in [6.45, 7) is 9.32. The first-order chi connectivity index (χ1) is 6.88. The third-order valence-electron chi connectivity index (χ3n) is 2.03. The number of ether oxygens (including phenoxy) is 1. The van der Waals surface area contributed by atoms with E-state index in [2.05, 4.69) is 41.7 Å². The molecule has 2 nitrogen and oxygen atoms in total. The third-order valence-corrected chi connectivity index (χ3v) is 2.60. The van der Waals surface area contributed by atoms with Crippen molar-refractivity contribution in [2.75, 3.05) is 6.61 Å². The molecule has 0 radical (unpaired) electrons. The van der Waals surface area contributed by atoms with Gasteiger partial charge in [-0.2, -0.15) is 0 Å². The Morgan fingerprint density at radius 1 is 1.40 bits per heavy atom. The fourth-order valence-corrected chi connectivity index (χ4v) is 1.66. The highest BCUT2D eigenvalue weighted by atomic mass is 79.9. The molecule has 15 heavy (non-hydrogen) atoms. The summed E-state index contributed by atoms with van der Waals surface area (Å²) in [6.07, 6.45) is 2.84. The van der Waals surface area contributed by atoms with E-state index < -0.39 is 0 Å². The van der Waals surface area contributed by atoms with Crippen molar-refractivity contribution < 1.29 is 4.74 Å². The lowest BCUT2D eigenvalue weighted by atomic mass is 9.93. The normalized spacial score (nSPS) is 11.5. The van der Waals surface area contributed by atoms with Gasteiger partial charge in [0.05, 0.1) is 11.1 Å². The minimum atomic E-state index is 0.303. The largest absolute Gasteiger partial charge is 0.477 e. The molecule has 1 heterocycles. The number of aryl methyl sites for hydroxylation is 1. The second-order valence-electron chi connectivity index (χ2n) is 4.96. The van der Waals surface area contributed by atoms with E-state index in [0.29, 0.717) is 17.9 Å². The fourth-order valence-electron chi connectivity index (χ4n) is 1.08. The van der Waals surface area contributed by atoms with E-state index in [0.717, 1.165) is 16.5 Å². The summed E-state index contributed by atoms with van der Waals surface area (Å²) < 4.78 is 6.54. The topological polar surface area (TPSA) is 22.1 Å². The van der Waals surface area contributed by atoms with Crippen LogP contribution in [0.1, 0.15) is 32.8 Å². The molecule has 0 fully saturated rings. The molecule has 0 aliphatic heterocycles. The predicted molar refractivity (Wildman–Crippen MR) is 66.2 cm³/mol. The van der Waals surface area contributed by atoms with Gasteiger partial charge in [-0.3, -0.25) is 0 Å². The number of hydrogen-bond donors (Lipinski definition) is 0. The molecule has 1 rings (SSSR count). The Bertz CT molecular complexity index is 331. The second kappa shape index (κ2) is 4.97. The number of halogens is 1. The van der Waals surface area contributed by atoms with Gasteiger partial charge in [-0.05, 0) is 46.3 Å². The molecule has 0 saturated heterocycles. The van der Waals surface area contributed by atoms with Gasteiger partial charge in [0, 0.05) is 6.20 Å². The lowest BCUT2D eigenvalue weighted by Crippen LogP contribution is -2.11. The fraction of sp³-hybridized carbons (Fsp3) is 0.583. The monoisotopic (exact) mass is 271 g/mol. The Balaban J connectivity index is 2.51. The number of aromatic nitrogens is 1. The van der Waals surface area contributed by atoms with Crippen LogP contribution in [-0.4, -0.2) is 11.6 Å². The van der Waals surface area contributed by atoms with Crippen molar-refractivity contribution >= 4 is 15.9 Å². The van der Waals surface area contributed by atoms with Crippen LogP contribution in [0.25, 0.3) is 0 Å². The molecule has 0 aliphatic rings. The maximum Gasteiger partial charge on any atom is 0.227 e. The molecule has 0 spiro atoms. The van der Waals surface area contributed by atoms with E-state index in [1.807, 2.05) is 19.2 Å². The van der Waals surface area contributed by atoms with Gasteiger partial charge in [0.15, 0.2) is 0 Å². The summed E-state index contributed by atoms with van der Waals surface area (Å²) in [5, 5.41) is 0. The first kappa shape index (κ1) is 12.5. The van der Waals surface area contributed by atoms with Gasteiger partial charge >= 0.3 is 0 Å². The molecule has 1 aromatic heterocycles. The van der Waals surface area contributed by atoms with Crippen molar-refractivity contribution in [3.05, 3.63) is 22.3 Å². The zero-order valence-electron chi connectivity index (χ0n) is 9.80.